The summed E-state index contributed by atoms with van der Waals surface area (Å²) in [5, 5.41) is 3.92. The van der Waals surface area contributed by atoms with E-state index < -0.39 is 0 Å². The Morgan fingerprint density at radius 3 is 2.68 bits per heavy atom. The number of amides is 2. The lowest BCUT2D eigenvalue weighted by molar-refractivity contribution is -0.127. The van der Waals surface area contributed by atoms with Gasteiger partial charge < -0.3 is 4.90 Å². The summed E-state index contributed by atoms with van der Waals surface area (Å²) in [7, 11) is 0. The summed E-state index contributed by atoms with van der Waals surface area (Å²) >= 11 is 0. The maximum atomic E-state index is 12.4. The Hall–Kier alpha value is -1.39. The highest BCUT2D eigenvalue weighted by Crippen LogP contribution is 2.36. The van der Waals surface area contributed by atoms with E-state index in [-0.39, 0.29) is 11.8 Å². The molecule has 0 spiro atoms. The SMILES string of the molecule is O=C1CCC(C(=O)N2CCC3CCCCC3C2)=NN1. The lowest BCUT2D eigenvalue weighted by Gasteiger charge is -2.41. The number of nitrogens with one attached hydrogen (secondary N) is 1. The number of hydrazone groups is 1. The number of hydrogen-bond acceptors (Lipinski definition) is 3. The molecule has 1 aliphatic carbocycles. The Labute approximate surface area is 113 Å². The normalized spacial score (nSPS) is 31.3. The first-order chi connectivity index (χ1) is 9.24. The molecule has 5 heteroatoms. The molecule has 19 heavy (non-hydrogen) atoms. The standard InChI is InChI=1S/C14H21N3O2/c18-13-6-5-12(15-16-13)14(19)17-8-7-10-3-1-2-4-11(10)9-17/h10-11H,1-9H2,(H,16,18). The van der Waals surface area contributed by atoms with Crippen LogP contribution in [0.15, 0.2) is 5.10 Å². The third-order valence-electron chi connectivity index (χ3n) is 4.73. The van der Waals surface area contributed by atoms with Gasteiger partial charge in [0.05, 0.1) is 0 Å². The Kier molecular flexibility index (Phi) is 3.53. The lowest BCUT2D eigenvalue weighted by atomic mass is 9.75. The molecule has 2 aliphatic heterocycles. The molecule has 2 fully saturated rings. The number of likely N-dealkylation sites (tertiary alicyclic amines) is 1. The number of nitrogens with zero attached hydrogens (tertiary/aromatic N) is 2. The van der Waals surface area contributed by atoms with Gasteiger partial charge in [0.1, 0.15) is 5.71 Å². The maximum absolute atomic E-state index is 12.4. The van der Waals surface area contributed by atoms with Gasteiger partial charge in [0.15, 0.2) is 0 Å². The molecule has 1 saturated carbocycles. The molecule has 1 N–H and O–H groups in total. The highest BCUT2D eigenvalue weighted by Gasteiger charge is 2.34. The second-order valence-corrected chi connectivity index (χ2v) is 5.94. The zero-order valence-corrected chi connectivity index (χ0v) is 11.2. The number of carbonyl (C=O) groups excluding carboxylic acids is 2. The zero-order valence-electron chi connectivity index (χ0n) is 11.2. The quantitative estimate of drug-likeness (QED) is 0.775. The van der Waals surface area contributed by atoms with Crippen LogP contribution in [-0.4, -0.2) is 35.5 Å². The van der Waals surface area contributed by atoms with Crippen LogP contribution in [0.25, 0.3) is 0 Å². The molecule has 1 saturated heterocycles. The van der Waals surface area contributed by atoms with Gasteiger partial charge in [-0.1, -0.05) is 19.3 Å². The van der Waals surface area contributed by atoms with E-state index in [0.29, 0.717) is 24.5 Å². The monoisotopic (exact) mass is 263 g/mol. The molecule has 3 aliphatic rings. The molecular weight excluding hydrogens is 242 g/mol. The smallest absolute Gasteiger partial charge is 0.270 e. The Balaban J connectivity index is 1.63. The Bertz CT molecular complexity index is 419. The molecule has 3 rings (SSSR count). The van der Waals surface area contributed by atoms with Crippen molar-refractivity contribution in [1.29, 1.82) is 0 Å². The molecule has 0 aromatic rings. The summed E-state index contributed by atoms with van der Waals surface area (Å²) in [5.41, 5.74) is 2.93. The van der Waals surface area contributed by atoms with Gasteiger partial charge in [-0.3, -0.25) is 9.59 Å². The van der Waals surface area contributed by atoms with Crippen molar-refractivity contribution in [3.8, 4) is 0 Å². The molecule has 0 bridgehead atoms. The summed E-state index contributed by atoms with van der Waals surface area (Å²) in [5.74, 6) is 1.45. The largest absolute Gasteiger partial charge is 0.337 e. The predicted molar refractivity (Wildman–Crippen MR) is 71.5 cm³/mol. The minimum atomic E-state index is -0.0949. The van der Waals surface area contributed by atoms with Crippen LogP contribution >= 0.6 is 0 Å². The second-order valence-electron chi connectivity index (χ2n) is 5.94. The van der Waals surface area contributed by atoms with E-state index in [4.69, 9.17) is 0 Å². The van der Waals surface area contributed by atoms with Crippen LogP contribution in [0.2, 0.25) is 0 Å². The number of hydrogen-bond donors (Lipinski definition) is 1. The van der Waals surface area contributed by atoms with E-state index in [1.54, 1.807) is 0 Å². The van der Waals surface area contributed by atoms with Crippen molar-refractivity contribution in [2.75, 3.05) is 13.1 Å². The van der Waals surface area contributed by atoms with Crippen LogP contribution in [0.5, 0.6) is 0 Å². The lowest BCUT2D eigenvalue weighted by Crippen LogP contribution is -2.48. The second kappa shape index (κ2) is 5.31. The molecule has 0 radical (unpaired) electrons. The van der Waals surface area contributed by atoms with Crippen molar-refractivity contribution >= 4 is 17.5 Å². The average molecular weight is 263 g/mol. The number of carbonyl (C=O) groups is 2. The zero-order chi connectivity index (χ0) is 13.2. The van der Waals surface area contributed by atoms with Crippen LogP contribution in [-0.2, 0) is 9.59 Å². The van der Waals surface area contributed by atoms with Gasteiger partial charge in [-0.2, -0.15) is 5.10 Å². The minimum absolute atomic E-state index is 0.0315. The van der Waals surface area contributed by atoms with Crippen LogP contribution in [0.1, 0.15) is 44.9 Å². The first kappa shape index (κ1) is 12.6. The summed E-state index contributed by atoms with van der Waals surface area (Å²) in [6.45, 7) is 1.74. The Morgan fingerprint density at radius 1 is 1.16 bits per heavy atom. The van der Waals surface area contributed by atoms with Crippen LogP contribution in [0.4, 0.5) is 0 Å². The molecule has 2 heterocycles. The first-order valence-electron chi connectivity index (χ1n) is 7.38. The fraction of sp³-hybridized carbons (Fsp3) is 0.786. The van der Waals surface area contributed by atoms with Gasteiger partial charge in [-0.05, 0) is 24.7 Å². The molecule has 2 unspecified atom stereocenters. The van der Waals surface area contributed by atoms with Crippen molar-refractivity contribution < 1.29 is 9.59 Å². The summed E-state index contributed by atoms with van der Waals surface area (Å²) in [6.07, 6.45) is 7.26. The van der Waals surface area contributed by atoms with Gasteiger partial charge in [0.25, 0.3) is 5.91 Å². The van der Waals surface area contributed by atoms with E-state index in [2.05, 4.69) is 10.5 Å². The van der Waals surface area contributed by atoms with Gasteiger partial charge in [-0.25, -0.2) is 5.43 Å². The van der Waals surface area contributed by atoms with Gasteiger partial charge in [-0.15, -0.1) is 0 Å². The molecule has 0 aromatic carbocycles. The summed E-state index contributed by atoms with van der Waals surface area (Å²) in [4.78, 5) is 25.4. The van der Waals surface area contributed by atoms with Crippen LogP contribution < -0.4 is 5.43 Å². The van der Waals surface area contributed by atoms with Gasteiger partial charge in [0.2, 0.25) is 5.91 Å². The average Bonchev–Trinajstić information content (AvgIpc) is 2.47. The highest BCUT2D eigenvalue weighted by molar-refractivity contribution is 6.39. The van der Waals surface area contributed by atoms with Crippen molar-refractivity contribution in [2.45, 2.75) is 44.9 Å². The number of fused-ring (bicyclic) bond motifs is 1. The number of rotatable bonds is 1. The minimum Gasteiger partial charge on any atom is -0.337 e. The third-order valence-corrected chi connectivity index (χ3v) is 4.73. The fourth-order valence-corrected chi connectivity index (χ4v) is 3.60. The van der Waals surface area contributed by atoms with Crippen molar-refractivity contribution in [3.63, 3.8) is 0 Å². The predicted octanol–water partition coefficient (Wildman–Crippen LogP) is 1.29. The third kappa shape index (κ3) is 2.65. The van der Waals surface area contributed by atoms with Crippen molar-refractivity contribution in [2.24, 2.45) is 16.9 Å². The van der Waals surface area contributed by atoms with E-state index >= 15 is 0 Å². The molecular formula is C14H21N3O2. The topological polar surface area (TPSA) is 61.8 Å². The fourth-order valence-electron chi connectivity index (χ4n) is 3.60. The molecule has 5 nitrogen and oxygen atoms in total. The Morgan fingerprint density at radius 2 is 1.95 bits per heavy atom. The molecule has 0 aromatic heterocycles. The van der Waals surface area contributed by atoms with E-state index in [1.165, 1.54) is 25.7 Å². The van der Waals surface area contributed by atoms with Crippen LogP contribution in [0, 0.1) is 11.8 Å². The van der Waals surface area contributed by atoms with Gasteiger partial charge in [0, 0.05) is 25.9 Å². The van der Waals surface area contributed by atoms with Crippen molar-refractivity contribution in [3.05, 3.63) is 0 Å². The molecule has 2 atom stereocenters. The molecule has 2 amide bonds. The van der Waals surface area contributed by atoms with E-state index in [9.17, 15) is 9.59 Å². The highest BCUT2D eigenvalue weighted by atomic mass is 16.2. The molecule has 104 valence electrons. The number of piperidine rings is 1. The van der Waals surface area contributed by atoms with Gasteiger partial charge >= 0.3 is 0 Å². The summed E-state index contributed by atoms with van der Waals surface area (Å²) in [6, 6.07) is 0. The van der Waals surface area contributed by atoms with E-state index in [1.807, 2.05) is 4.90 Å². The maximum Gasteiger partial charge on any atom is 0.270 e. The first-order valence-corrected chi connectivity index (χ1v) is 7.38. The van der Waals surface area contributed by atoms with E-state index in [0.717, 1.165) is 25.4 Å². The van der Waals surface area contributed by atoms with Crippen molar-refractivity contribution in [1.82, 2.24) is 10.3 Å². The summed E-state index contributed by atoms with van der Waals surface area (Å²) < 4.78 is 0. The van der Waals surface area contributed by atoms with Crippen LogP contribution in [0.3, 0.4) is 0 Å².